The maximum atomic E-state index is 13.9. The number of carbonyl (C=O) groups excluding carboxylic acids is 1. The number of carbonyl (C=O) groups is 1. The molecule has 1 rings (SSSR count). The number of rotatable bonds is 5. The highest BCUT2D eigenvalue weighted by Gasteiger charge is 2.12. The van der Waals surface area contributed by atoms with E-state index in [1.54, 1.807) is 26.0 Å². The van der Waals surface area contributed by atoms with Gasteiger partial charge >= 0.3 is 0 Å². The molecule has 0 saturated carbocycles. The van der Waals surface area contributed by atoms with E-state index in [0.717, 1.165) is 3.57 Å². The minimum absolute atomic E-state index is 0.210. The molecule has 0 bridgehead atoms. The fourth-order valence-electron chi connectivity index (χ4n) is 1.51. The molecule has 116 valence electrons. The number of nitrogens with zero attached hydrogens (tertiary/aromatic N) is 1. The van der Waals surface area contributed by atoms with Gasteiger partial charge in [-0.25, -0.2) is 9.87 Å². The lowest BCUT2D eigenvalue weighted by atomic mass is 10.1. The standard InChI is InChI=1S/C15H15FIN3O2/c1-9(8-18)6-14(10(2)15(21)20-22-3)19-13-5-4-11(17)7-12(13)16/h4-7,19H,1-3H3,(H,20,21)/b9-6+,14-10-. The highest BCUT2D eigenvalue weighted by atomic mass is 127. The number of amides is 1. The fourth-order valence-corrected chi connectivity index (χ4v) is 1.97. The Kier molecular flexibility index (Phi) is 7.01. The molecule has 0 atom stereocenters. The zero-order valence-electron chi connectivity index (χ0n) is 12.3. The van der Waals surface area contributed by atoms with Crippen LogP contribution in [0.2, 0.25) is 0 Å². The number of nitriles is 1. The van der Waals surface area contributed by atoms with Gasteiger partial charge in [0.05, 0.1) is 18.9 Å². The van der Waals surface area contributed by atoms with E-state index in [9.17, 15) is 9.18 Å². The average Bonchev–Trinajstić information content (AvgIpc) is 2.48. The molecule has 1 amide bonds. The van der Waals surface area contributed by atoms with Gasteiger partial charge < -0.3 is 5.32 Å². The third kappa shape index (κ3) is 5.13. The number of hydrogen-bond donors (Lipinski definition) is 2. The van der Waals surface area contributed by atoms with Crippen molar-refractivity contribution in [1.29, 1.82) is 5.26 Å². The summed E-state index contributed by atoms with van der Waals surface area (Å²) in [6.07, 6.45) is 1.47. The molecule has 0 saturated heterocycles. The van der Waals surface area contributed by atoms with E-state index in [1.165, 1.54) is 19.3 Å². The summed E-state index contributed by atoms with van der Waals surface area (Å²) in [5.74, 6) is -0.940. The molecule has 0 aromatic heterocycles. The maximum absolute atomic E-state index is 13.9. The Morgan fingerprint density at radius 1 is 1.45 bits per heavy atom. The highest BCUT2D eigenvalue weighted by Crippen LogP contribution is 2.21. The van der Waals surface area contributed by atoms with E-state index in [4.69, 9.17) is 5.26 Å². The monoisotopic (exact) mass is 415 g/mol. The third-order valence-corrected chi connectivity index (χ3v) is 3.35. The molecular formula is C15H15FIN3O2. The first-order valence-corrected chi connectivity index (χ1v) is 7.31. The van der Waals surface area contributed by atoms with Crippen molar-refractivity contribution in [2.45, 2.75) is 13.8 Å². The maximum Gasteiger partial charge on any atom is 0.272 e. The van der Waals surface area contributed by atoms with Crippen LogP contribution in [-0.2, 0) is 9.63 Å². The molecule has 0 unspecified atom stereocenters. The van der Waals surface area contributed by atoms with E-state index >= 15 is 0 Å². The van der Waals surface area contributed by atoms with Crippen molar-refractivity contribution in [2.24, 2.45) is 0 Å². The topological polar surface area (TPSA) is 74.1 Å². The van der Waals surface area contributed by atoms with Gasteiger partial charge in [0.2, 0.25) is 0 Å². The van der Waals surface area contributed by atoms with Crippen LogP contribution in [0.5, 0.6) is 0 Å². The quantitative estimate of drug-likeness (QED) is 0.255. The summed E-state index contributed by atoms with van der Waals surface area (Å²) >= 11 is 2.00. The molecule has 22 heavy (non-hydrogen) atoms. The van der Waals surface area contributed by atoms with Crippen molar-refractivity contribution in [3.05, 3.63) is 50.5 Å². The van der Waals surface area contributed by atoms with Crippen LogP contribution >= 0.6 is 22.6 Å². The first-order chi connectivity index (χ1) is 10.4. The SMILES string of the molecule is CONC(=O)/C(C)=C(/C=C(\C)C#N)Nc1ccc(I)cc1F. The Balaban J connectivity index is 3.25. The first-order valence-electron chi connectivity index (χ1n) is 6.23. The Hall–Kier alpha value is -1.92. The Morgan fingerprint density at radius 3 is 2.68 bits per heavy atom. The van der Waals surface area contributed by atoms with Gasteiger partial charge in [0.15, 0.2) is 0 Å². The molecule has 0 heterocycles. The molecule has 0 aliphatic rings. The lowest BCUT2D eigenvalue weighted by Gasteiger charge is -2.13. The van der Waals surface area contributed by atoms with Crippen molar-refractivity contribution in [2.75, 3.05) is 12.4 Å². The van der Waals surface area contributed by atoms with Crippen molar-refractivity contribution in [1.82, 2.24) is 5.48 Å². The molecule has 0 aliphatic carbocycles. The normalized spacial score (nSPS) is 12.3. The molecule has 5 nitrogen and oxygen atoms in total. The van der Waals surface area contributed by atoms with Crippen LogP contribution in [0, 0.1) is 20.7 Å². The highest BCUT2D eigenvalue weighted by molar-refractivity contribution is 14.1. The molecular weight excluding hydrogens is 400 g/mol. The largest absolute Gasteiger partial charge is 0.353 e. The Morgan fingerprint density at radius 2 is 2.14 bits per heavy atom. The summed E-state index contributed by atoms with van der Waals surface area (Å²) in [7, 11) is 1.31. The van der Waals surface area contributed by atoms with Crippen LogP contribution < -0.4 is 10.8 Å². The number of benzene rings is 1. The van der Waals surface area contributed by atoms with Crippen molar-refractivity contribution < 1.29 is 14.0 Å². The summed E-state index contributed by atoms with van der Waals surface area (Å²) in [4.78, 5) is 16.4. The summed E-state index contributed by atoms with van der Waals surface area (Å²) in [5.41, 5.74) is 3.34. The second-order valence-electron chi connectivity index (χ2n) is 4.36. The molecule has 0 fully saturated rings. The predicted octanol–water partition coefficient (Wildman–Crippen LogP) is 3.26. The van der Waals surface area contributed by atoms with Crippen LogP contribution in [0.1, 0.15) is 13.8 Å². The van der Waals surface area contributed by atoms with Crippen LogP contribution in [0.15, 0.2) is 41.1 Å². The van der Waals surface area contributed by atoms with Gasteiger partial charge in [-0.3, -0.25) is 9.63 Å². The molecule has 0 aliphatic heterocycles. The second kappa shape index (κ2) is 8.51. The smallest absolute Gasteiger partial charge is 0.272 e. The zero-order chi connectivity index (χ0) is 16.7. The van der Waals surface area contributed by atoms with E-state index in [0.29, 0.717) is 11.3 Å². The predicted molar refractivity (Wildman–Crippen MR) is 90.0 cm³/mol. The average molecular weight is 415 g/mol. The number of anilines is 1. The minimum atomic E-state index is -0.488. The number of allylic oxidation sites excluding steroid dienone is 2. The molecule has 0 spiro atoms. The summed E-state index contributed by atoms with van der Waals surface area (Å²) in [6, 6.07) is 6.62. The van der Waals surface area contributed by atoms with Crippen molar-refractivity contribution >= 4 is 34.2 Å². The van der Waals surface area contributed by atoms with Crippen LogP contribution in [0.3, 0.4) is 0 Å². The van der Waals surface area contributed by atoms with E-state index in [2.05, 4.69) is 15.6 Å². The van der Waals surface area contributed by atoms with Gasteiger partial charge in [0.1, 0.15) is 5.82 Å². The van der Waals surface area contributed by atoms with Gasteiger partial charge in [0, 0.05) is 20.4 Å². The number of hydrogen-bond acceptors (Lipinski definition) is 4. The molecule has 0 radical (unpaired) electrons. The van der Waals surface area contributed by atoms with Crippen molar-refractivity contribution in [3.8, 4) is 6.07 Å². The fraction of sp³-hybridized carbons (Fsp3) is 0.200. The van der Waals surface area contributed by atoms with Crippen molar-refractivity contribution in [3.63, 3.8) is 0 Å². The minimum Gasteiger partial charge on any atom is -0.353 e. The van der Waals surface area contributed by atoms with Gasteiger partial charge in [-0.2, -0.15) is 5.26 Å². The first kappa shape index (κ1) is 18.1. The van der Waals surface area contributed by atoms with Crippen LogP contribution in [0.25, 0.3) is 0 Å². The molecule has 2 N–H and O–H groups in total. The van der Waals surface area contributed by atoms with Crippen LogP contribution in [-0.4, -0.2) is 13.0 Å². The van der Waals surface area contributed by atoms with Crippen LogP contribution in [0.4, 0.5) is 10.1 Å². The summed E-state index contributed by atoms with van der Waals surface area (Å²) < 4.78 is 14.7. The van der Waals surface area contributed by atoms with Gasteiger partial charge in [-0.05, 0) is 60.7 Å². The number of halogens is 2. The van der Waals surface area contributed by atoms with Gasteiger partial charge in [-0.15, -0.1) is 0 Å². The lowest BCUT2D eigenvalue weighted by molar-refractivity contribution is -0.127. The molecule has 1 aromatic carbocycles. The Bertz CT molecular complexity index is 678. The summed E-state index contributed by atoms with van der Waals surface area (Å²) in [6.45, 7) is 3.13. The third-order valence-electron chi connectivity index (χ3n) is 2.68. The summed E-state index contributed by atoms with van der Waals surface area (Å²) in [5, 5.41) is 11.7. The zero-order valence-corrected chi connectivity index (χ0v) is 14.5. The lowest BCUT2D eigenvalue weighted by Crippen LogP contribution is -2.24. The van der Waals surface area contributed by atoms with Gasteiger partial charge in [0.25, 0.3) is 5.91 Å². The van der Waals surface area contributed by atoms with E-state index in [1.807, 2.05) is 28.7 Å². The van der Waals surface area contributed by atoms with E-state index in [-0.39, 0.29) is 11.3 Å². The number of nitrogens with one attached hydrogen (secondary N) is 2. The Labute approximate surface area is 141 Å². The second-order valence-corrected chi connectivity index (χ2v) is 5.61. The molecule has 1 aromatic rings. The van der Waals surface area contributed by atoms with Gasteiger partial charge in [-0.1, -0.05) is 0 Å². The van der Waals surface area contributed by atoms with E-state index < -0.39 is 11.7 Å². The number of hydroxylamine groups is 1. The molecule has 7 heteroatoms.